The zero-order valence-electron chi connectivity index (χ0n) is 8.27. The Labute approximate surface area is 71.4 Å². The van der Waals surface area contributed by atoms with Crippen molar-refractivity contribution >= 4 is 0 Å². The largest absolute Gasteiger partial charge is 0.330 e. The lowest BCUT2D eigenvalue weighted by atomic mass is 9.97. The quantitative estimate of drug-likeness (QED) is 0.630. The lowest BCUT2D eigenvalue weighted by Gasteiger charge is -2.10. The van der Waals surface area contributed by atoms with Gasteiger partial charge in [-0.15, -0.1) is 0 Å². The van der Waals surface area contributed by atoms with Gasteiger partial charge in [0, 0.05) is 0 Å². The summed E-state index contributed by atoms with van der Waals surface area (Å²) in [6, 6.07) is 0. The van der Waals surface area contributed by atoms with E-state index in [0.717, 1.165) is 18.4 Å². The molecule has 0 saturated heterocycles. The highest BCUT2D eigenvalue weighted by molar-refractivity contribution is 4.56. The lowest BCUT2D eigenvalue weighted by molar-refractivity contribution is 0.438. The smallest absolute Gasteiger partial charge is 0.00515 e. The fraction of sp³-hybridized carbons (Fsp3) is 1.00. The van der Waals surface area contributed by atoms with E-state index in [-0.39, 0.29) is 0 Å². The minimum Gasteiger partial charge on any atom is -0.330 e. The van der Waals surface area contributed by atoms with Crippen LogP contribution in [-0.2, 0) is 0 Å². The van der Waals surface area contributed by atoms with Gasteiger partial charge >= 0.3 is 0 Å². The van der Waals surface area contributed by atoms with Gasteiger partial charge in [-0.2, -0.15) is 0 Å². The van der Waals surface area contributed by atoms with E-state index in [1.54, 1.807) is 0 Å². The molecule has 2 atom stereocenters. The van der Waals surface area contributed by atoms with E-state index < -0.39 is 0 Å². The molecule has 68 valence electrons. The molecular formula is C10H23N. The summed E-state index contributed by atoms with van der Waals surface area (Å²) in [5.41, 5.74) is 5.52. The van der Waals surface area contributed by atoms with Crippen LogP contribution in [0.25, 0.3) is 0 Å². The first-order valence-corrected chi connectivity index (χ1v) is 4.90. The second-order valence-electron chi connectivity index (χ2n) is 3.79. The molecule has 2 N–H and O–H groups in total. The highest BCUT2D eigenvalue weighted by atomic mass is 14.5. The van der Waals surface area contributed by atoms with Gasteiger partial charge in [0.25, 0.3) is 0 Å². The fourth-order valence-electron chi connectivity index (χ4n) is 1.14. The molecule has 0 aliphatic heterocycles. The minimum atomic E-state index is 0.721. The molecule has 0 fully saturated rings. The van der Waals surface area contributed by atoms with Crippen molar-refractivity contribution in [3.63, 3.8) is 0 Å². The molecule has 0 spiro atoms. The van der Waals surface area contributed by atoms with E-state index >= 15 is 0 Å². The molecular weight excluding hydrogens is 134 g/mol. The van der Waals surface area contributed by atoms with Crippen molar-refractivity contribution in [1.82, 2.24) is 0 Å². The van der Waals surface area contributed by atoms with Crippen LogP contribution in [0.4, 0.5) is 0 Å². The molecule has 0 bridgehead atoms. The first kappa shape index (κ1) is 11.0. The van der Waals surface area contributed by atoms with Crippen LogP contribution in [0.5, 0.6) is 0 Å². The molecule has 0 amide bonds. The van der Waals surface area contributed by atoms with E-state index in [1.165, 1.54) is 25.7 Å². The predicted molar refractivity (Wildman–Crippen MR) is 51.5 cm³/mol. The minimum absolute atomic E-state index is 0.721. The molecule has 0 aromatic rings. The summed E-state index contributed by atoms with van der Waals surface area (Å²) in [4.78, 5) is 0. The molecule has 0 saturated carbocycles. The number of rotatable bonds is 6. The zero-order valence-corrected chi connectivity index (χ0v) is 8.27. The van der Waals surface area contributed by atoms with Gasteiger partial charge in [0.15, 0.2) is 0 Å². The molecule has 0 radical (unpaired) electrons. The Morgan fingerprint density at radius 1 is 1.09 bits per heavy atom. The summed E-state index contributed by atoms with van der Waals surface area (Å²) in [7, 11) is 0. The van der Waals surface area contributed by atoms with Gasteiger partial charge in [0.2, 0.25) is 0 Å². The van der Waals surface area contributed by atoms with Crippen molar-refractivity contribution in [3.05, 3.63) is 0 Å². The third kappa shape index (κ3) is 6.36. The average molecular weight is 157 g/mol. The molecule has 2 unspecified atom stereocenters. The summed E-state index contributed by atoms with van der Waals surface area (Å²) in [6.07, 6.45) is 5.35. The highest BCUT2D eigenvalue weighted by Crippen LogP contribution is 2.13. The van der Waals surface area contributed by atoms with Gasteiger partial charge in [0.05, 0.1) is 0 Å². The molecule has 0 heterocycles. The van der Waals surface area contributed by atoms with Crippen LogP contribution >= 0.6 is 0 Å². The number of nitrogens with two attached hydrogens (primary N) is 1. The Bertz CT molecular complexity index is 70.9. The Balaban J connectivity index is 3.13. The van der Waals surface area contributed by atoms with Crippen LogP contribution in [-0.4, -0.2) is 6.54 Å². The van der Waals surface area contributed by atoms with E-state index in [4.69, 9.17) is 5.73 Å². The highest BCUT2D eigenvalue weighted by Gasteiger charge is 2.01. The Morgan fingerprint density at radius 3 is 2.09 bits per heavy atom. The van der Waals surface area contributed by atoms with Crippen LogP contribution < -0.4 is 5.73 Å². The molecule has 0 aliphatic rings. The molecule has 0 aromatic carbocycles. The Kier molecular flexibility index (Phi) is 6.63. The van der Waals surface area contributed by atoms with Crippen LogP contribution in [0, 0.1) is 11.8 Å². The van der Waals surface area contributed by atoms with Gasteiger partial charge in [-0.3, -0.25) is 0 Å². The predicted octanol–water partition coefficient (Wildman–Crippen LogP) is 2.80. The third-order valence-electron chi connectivity index (χ3n) is 2.49. The first-order valence-electron chi connectivity index (χ1n) is 4.90. The summed E-state index contributed by atoms with van der Waals surface area (Å²) >= 11 is 0. The summed E-state index contributed by atoms with van der Waals surface area (Å²) in [5, 5.41) is 0. The van der Waals surface area contributed by atoms with E-state index in [9.17, 15) is 0 Å². The van der Waals surface area contributed by atoms with Crippen molar-refractivity contribution in [3.8, 4) is 0 Å². The van der Waals surface area contributed by atoms with Crippen LogP contribution in [0.3, 0.4) is 0 Å². The van der Waals surface area contributed by atoms with E-state index in [0.29, 0.717) is 0 Å². The van der Waals surface area contributed by atoms with Crippen LogP contribution in [0.1, 0.15) is 46.5 Å². The van der Waals surface area contributed by atoms with Gasteiger partial charge in [0.1, 0.15) is 0 Å². The van der Waals surface area contributed by atoms with E-state index in [2.05, 4.69) is 20.8 Å². The average Bonchev–Trinajstić information content (AvgIpc) is 2.04. The monoisotopic (exact) mass is 157 g/mol. The second-order valence-corrected chi connectivity index (χ2v) is 3.79. The topological polar surface area (TPSA) is 26.0 Å². The zero-order chi connectivity index (χ0) is 8.69. The van der Waals surface area contributed by atoms with Crippen molar-refractivity contribution in [2.24, 2.45) is 17.6 Å². The van der Waals surface area contributed by atoms with Gasteiger partial charge < -0.3 is 5.73 Å². The van der Waals surface area contributed by atoms with Crippen molar-refractivity contribution < 1.29 is 0 Å². The van der Waals surface area contributed by atoms with Crippen molar-refractivity contribution in [2.45, 2.75) is 46.5 Å². The number of hydrogen-bond acceptors (Lipinski definition) is 1. The second kappa shape index (κ2) is 6.66. The summed E-state index contributed by atoms with van der Waals surface area (Å²) < 4.78 is 0. The standard InChI is InChI=1S/C10H23N/c1-4-9(2)6-5-7-10(3)8-11/h9-10H,4-8,11H2,1-3H3. The van der Waals surface area contributed by atoms with Crippen LogP contribution in [0.2, 0.25) is 0 Å². The normalized spacial score (nSPS) is 16.4. The molecule has 0 aromatic heterocycles. The first-order chi connectivity index (χ1) is 5.20. The Morgan fingerprint density at radius 2 is 1.64 bits per heavy atom. The van der Waals surface area contributed by atoms with Gasteiger partial charge in [-0.1, -0.05) is 40.0 Å². The maximum absolute atomic E-state index is 5.52. The van der Waals surface area contributed by atoms with Crippen molar-refractivity contribution in [2.75, 3.05) is 6.54 Å². The fourth-order valence-corrected chi connectivity index (χ4v) is 1.14. The SMILES string of the molecule is CCC(C)CCCC(C)CN. The maximum atomic E-state index is 5.52. The van der Waals surface area contributed by atoms with Crippen molar-refractivity contribution in [1.29, 1.82) is 0 Å². The summed E-state index contributed by atoms with van der Waals surface area (Å²) in [6.45, 7) is 7.67. The summed E-state index contributed by atoms with van der Waals surface area (Å²) in [5.74, 6) is 1.62. The molecule has 11 heavy (non-hydrogen) atoms. The van der Waals surface area contributed by atoms with Gasteiger partial charge in [-0.05, 0) is 24.8 Å². The third-order valence-corrected chi connectivity index (χ3v) is 2.49. The molecule has 0 rings (SSSR count). The van der Waals surface area contributed by atoms with E-state index in [1.807, 2.05) is 0 Å². The Hall–Kier alpha value is -0.0400. The van der Waals surface area contributed by atoms with Gasteiger partial charge in [-0.25, -0.2) is 0 Å². The molecule has 0 aliphatic carbocycles. The number of hydrogen-bond donors (Lipinski definition) is 1. The van der Waals surface area contributed by atoms with Crippen LogP contribution in [0.15, 0.2) is 0 Å². The maximum Gasteiger partial charge on any atom is -0.00515 e. The molecule has 1 heteroatoms. The molecule has 1 nitrogen and oxygen atoms in total. The lowest BCUT2D eigenvalue weighted by Crippen LogP contribution is -2.10.